The molecule has 1 fully saturated rings. The smallest absolute Gasteiger partial charge is 0.242 e. The maximum atomic E-state index is 5.85. The molecule has 1 aromatic heterocycles. The fourth-order valence-electron chi connectivity index (χ4n) is 2.36. The number of rotatable bonds is 5. The van der Waals surface area contributed by atoms with Crippen LogP contribution in [0.5, 0.6) is 5.88 Å². The van der Waals surface area contributed by atoms with Crippen LogP contribution < -0.4 is 16.2 Å². The average Bonchev–Trinajstić information content (AvgIpc) is 2.44. The summed E-state index contributed by atoms with van der Waals surface area (Å²) >= 11 is 0. The lowest BCUT2D eigenvalue weighted by molar-refractivity contribution is 0.144. The predicted molar refractivity (Wildman–Crippen MR) is 74.1 cm³/mol. The SMILES string of the molecule is COCCOc1nc(C2CCCCC2)nc(N)c1N. The van der Waals surface area contributed by atoms with Gasteiger partial charge in [0.15, 0.2) is 5.82 Å². The van der Waals surface area contributed by atoms with E-state index < -0.39 is 0 Å². The summed E-state index contributed by atoms with van der Waals surface area (Å²) < 4.78 is 10.4. The van der Waals surface area contributed by atoms with Gasteiger partial charge >= 0.3 is 0 Å². The van der Waals surface area contributed by atoms with Gasteiger partial charge in [-0.1, -0.05) is 19.3 Å². The Bertz CT molecular complexity index is 419. The summed E-state index contributed by atoms with van der Waals surface area (Å²) in [6.07, 6.45) is 5.95. The first kappa shape index (κ1) is 13.9. The van der Waals surface area contributed by atoms with E-state index in [0.717, 1.165) is 18.7 Å². The van der Waals surface area contributed by atoms with E-state index in [4.69, 9.17) is 20.9 Å². The normalized spacial score (nSPS) is 16.5. The van der Waals surface area contributed by atoms with Crippen molar-refractivity contribution in [2.24, 2.45) is 0 Å². The number of nitrogens with two attached hydrogens (primary N) is 2. The van der Waals surface area contributed by atoms with Crippen molar-refractivity contribution in [1.29, 1.82) is 0 Å². The van der Waals surface area contributed by atoms with Gasteiger partial charge in [0.25, 0.3) is 0 Å². The topological polar surface area (TPSA) is 96.3 Å². The van der Waals surface area contributed by atoms with Crippen molar-refractivity contribution in [2.45, 2.75) is 38.0 Å². The molecular formula is C13H22N4O2. The van der Waals surface area contributed by atoms with Gasteiger partial charge in [-0.15, -0.1) is 0 Å². The van der Waals surface area contributed by atoms with Crippen LogP contribution >= 0.6 is 0 Å². The first-order valence-corrected chi connectivity index (χ1v) is 6.77. The van der Waals surface area contributed by atoms with Crippen LogP contribution in [0.3, 0.4) is 0 Å². The van der Waals surface area contributed by atoms with Crippen LogP contribution in [0, 0.1) is 0 Å². The van der Waals surface area contributed by atoms with Crippen molar-refractivity contribution < 1.29 is 9.47 Å². The van der Waals surface area contributed by atoms with Crippen molar-refractivity contribution in [1.82, 2.24) is 9.97 Å². The van der Waals surface area contributed by atoms with Gasteiger partial charge in [0.2, 0.25) is 5.88 Å². The number of aromatic nitrogens is 2. The van der Waals surface area contributed by atoms with Crippen LogP contribution in [-0.4, -0.2) is 30.3 Å². The molecule has 0 bridgehead atoms. The van der Waals surface area contributed by atoms with Gasteiger partial charge in [0, 0.05) is 13.0 Å². The Kier molecular flexibility index (Phi) is 4.79. The largest absolute Gasteiger partial charge is 0.474 e. The van der Waals surface area contributed by atoms with Crippen molar-refractivity contribution in [3.05, 3.63) is 5.82 Å². The minimum atomic E-state index is 0.308. The summed E-state index contributed by atoms with van der Waals surface area (Å²) in [5.41, 5.74) is 12.0. The van der Waals surface area contributed by atoms with E-state index in [-0.39, 0.29) is 0 Å². The minimum absolute atomic E-state index is 0.308. The monoisotopic (exact) mass is 266 g/mol. The summed E-state index contributed by atoms with van der Waals surface area (Å²) in [4.78, 5) is 8.75. The van der Waals surface area contributed by atoms with Crippen molar-refractivity contribution >= 4 is 11.5 Å². The fourth-order valence-corrected chi connectivity index (χ4v) is 2.36. The number of hydrogen-bond acceptors (Lipinski definition) is 6. The van der Waals surface area contributed by atoms with Crippen LogP contribution in [0.2, 0.25) is 0 Å². The summed E-state index contributed by atoms with van der Waals surface area (Å²) in [6, 6.07) is 0. The molecule has 2 rings (SSSR count). The molecule has 6 nitrogen and oxygen atoms in total. The molecule has 19 heavy (non-hydrogen) atoms. The highest BCUT2D eigenvalue weighted by atomic mass is 16.5. The van der Waals surface area contributed by atoms with Gasteiger partial charge in [-0.25, -0.2) is 4.98 Å². The molecule has 0 radical (unpaired) electrons. The van der Waals surface area contributed by atoms with Gasteiger partial charge in [-0.3, -0.25) is 0 Å². The molecule has 0 unspecified atom stereocenters. The predicted octanol–water partition coefficient (Wildman–Crippen LogP) is 1.71. The highest BCUT2D eigenvalue weighted by molar-refractivity contribution is 5.64. The van der Waals surface area contributed by atoms with Crippen molar-refractivity contribution in [2.75, 3.05) is 31.8 Å². The second-order valence-electron chi connectivity index (χ2n) is 4.86. The maximum absolute atomic E-state index is 5.85. The second kappa shape index (κ2) is 6.56. The zero-order valence-electron chi connectivity index (χ0n) is 11.4. The van der Waals surface area contributed by atoms with E-state index in [1.165, 1.54) is 19.3 Å². The Labute approximate surface area is 113 Å². The fraction of sp³-hybridized carbons (Fsp3) is 0.692. The van der Waals surface area contributed by atoms with E-state index in [2.05, 4.69) is 9.97 Å². The lowest BCUT2D eigenvalue weighted by atomic mass is 9.89. The average molecular weight is 266 g/mol. The van der Waals surface area contributed by atoms with Crippen molar-refractivity contribution in [3.63, 3.8) is 0 Å². The number of hydrogen-bond donors (Lipinski definition) is 2. The molecule has 0 saturated heterocycles. The molecule has 1 aromatic rings. The number of nitrogen functional groups attached to an aromatic ring is 2. The number of nitrogens with zero attached hydrogens (tertiary/aromatic N) is 2. The van der Waals surface area contributed by atoms with Gasteiger partial charge in [-0.2, -0.15) is 4.98 Å². The molecule has 6 heteroatoms. The third-order valence-electron chi connectivity index (χ3n) is 3.45. The Hall–Kier alpha value is -1.56. The van der Waals surface area contributed by atoms with Crippen LogP contribution in [0.4, 0.5) is 11.5 Å². The Balaban J connectivity index is 2.15. The first-order valence-electron chi connectivity index (χ1n) is 6.77. The summed E-state index contributed by atoms with van der Waals surface area (Å²) in [7, 11) is 1.62. The molecule has 1 aliphatic rings. The van der Waals surface area contributed by atoms with Crippen LogP contribution in [-0.2, 0) is 4.74 Å². The molecular weight excluding hydrogens is 244 g/mol. The molecule has 1 saturated carbocycles. The highest BCUT2D eigenvalue weighted by Gasteiger charge is 2.21. The molecule has 1 heterocycles. The van der Waals surface area contributed by atoms with E-state index >= 15 is 0 Å². The first-order chi connectivity index (χ1) is 9.22. The summed E-state index contributed by atoms with van der Waals surface area (Å²) in [5.74, 6) is 1.83. The third kappa shape index (κ3) is 3.47. The maximum Gasteiger partial charge on any atom is 0.242 e. The number of methoxy groups -OCH3 is 1. The van der Waals surface area contributed by atoms with Gasteiger partial charge in [0.05, 0.1) is 6.61 Å². The lowest BCUT2D eigenvalue weighted by Gasteiger charge is -2.21. The molecule has 106 valence electrons. The Morgan fingerprint density at radius 3 is 2.53 bits per heavy atom. The lowest BCUT2D eigenvalue weighted by Crippen LogP contribution is -2.15. The quantitative estimate of drug-likeness (QED) is 0.788. The summed E-state index contributed by atoms with van der Waals surface area (Å²) in [5, 5.41) is 0. The highest BCUT2D eigenvalue weighted by Crippen LogP contribution is 2.33. The molecule has 0 atom stereocenters. The molecule has 0 spiro atoms. The molecule has 1 aliphatic carbocycles. The minimum Gasteiger partial charge on any atom is -0.474 e. The standard InChI is InChI=1S/C13H22N4O2/c1-18-7-8-19-13-10(14)11(15)16-12(17-13)9-5-3-2-4-6-9/h9H,2-8,14H2,1H3,(H2,15,16,17). The van der Waals surface area contributed by atoms with E-state index in [1.807, 2.05) is 0 Å². The molecule has 4 N–H and O–H groups in total. The number of ether oxygens (including phenoxy) is 2. The molecule has 0 amide bonds. The van der Waals surface area contributed by atoms with Crippen LogP contribution in [0.25, 0.3) is 0 Å². The third-order valence-corrected chi connectivity index (χ3v) is 3.45. The van der Waals surface area contributed by atoms with Crippen molar-refractivity contribution in [3.8, 4) is 5.88 Å². The van der Waals surface area contributed by atoms with E-state index in [9.17, 15) is 0 Å². The molecule has 0 aromatic carbocycles. The van der Waals surface area contributed by atoms with Crippen LogP contribution in [0.1, 0.15) is 43.8 Å². The molecule has 0 aliphatic heterocycles. The second-order valence-corrected chi connectivity index (χ2v) is 4.86. The van der Waals surface area contributed by atoms with Gasteiger partial charge in [0.1, 0.15) is 18.1 Å². The number of anilines is 2. The van der Waals surface area contributed by atoms with E-state index in [1.54, 1.807) is 7.11 Å². The van der Waals surface area contributed by atoms with Crippen LogP contribution in [0.15, 0.2) is 0 Å². The van der Waals surface area contributed by atoms with E-state index in [0.29, 0.717) is 36.5 Å². The zero-order chi connectivity index (χ0) is 13.7. The Morgan fingerprint density at radius 1 is 1.11 bits per heavy atom. The summed E-state index contributed by atoms with van der Waals surface area (Å²) in [6.45, 7) is 0.892. The zero-order valence-corrected chi connectivity index (χ0v) is 11.4. The van der Waals surface area contributed by atoms with Gasteiger partial charge in [-0.05, 0) is 12.8 Å². The Morgan fingerprint density at radius 2 is 1.84 bits per heavy atom. The van der Waals surface area contributed by atoms with Gasteiger partial charge < -0.3 is 20.9 Å².